The normalized spacial score (nSPS) is 30.5. The molecule has 3 heteroatoms. The first-order valence-electron chi connectivity index (χ1n) is 8.22. The predicted molar refractivity (Wildman–Crippen MR) is 80.4 cm³/mol. The number of unbranched alkanes of at least 4 members (excludes halogenated alkanes) is 1. The Morgan fingerprint density at radius 1 is 1.32 bits per heavy atom. The number of hydrogen-bond donors (Lipinski definition) is 1. The first kappa shape index (κ1) is 15.3. The summed E-state index contributed by atoms with van der Waals surface area (Å²) in [6.07, 6.45) is 6.65. The Kier molecular flexibility index (Phi) is 6.11. The molecule has 3 unspecified atom stereocenters. The molecule has 1 aliphatic heterocycles. The van der Waals surface area contributed by atoms with Gasteiger partial charge in [-0.15, -0.1) is 0 Å². The minimum absolute atomic E-state index is 0.738. The number of hydrogen-bond acceptors (Lipinski definition) is 3. The minimum Gasteiger partial charge on any atom is -0.385 e. The summed E-state index contributed by atoms with van der Waals surface area (Å²) in [7, 11) is 1.80. The van der Waals surface area contributed by atoms with Gasteiger partial charge in [0.25, 0.3) is 0 Å². The van der Waals surface area contributed by atoms with Crippen LogP contribution in [0.2, 0.25) is 0 Å². The molecule has 19 heavy (non-hydrogen) atoms. The van der Waals surface area contributed by atoms with E-state index in [1.165, 1.54) is 51.7 Å². The van der Waals surface area contributed by atoms with Gasteiger partial charge in [0.1, 0.15) is 0 Å². The highest BCUT2D eigenvalue weighted by Crippen LogP contribution is 2.35. The Bertz CT molecular complexity index is 255. The molecule has 3 nitrogen and oxygen atoms in total. The van der Waals surface area contributed by atoms with E-state index >= 15 is 0 Å². The highest BCUT2D eigenvalue weighted by molar-refractivity contribution is 4.95. The summed E-state index contributed by atoms with van der Waals surface area (Å²) in [6, 6.07) is 1.50. The van der Waals surface area contributed by atoms with Crippen molar-refractivity contribution in [1.82, 2.24) is 10.2 Å². The number of piperazine rings is 1. The van der Waals surface area contributed by atoms with E-state index in [-0.39, 0.29) is 0 Å². The molecule has 2 rings (SSSR count). The van der Waals surface area contributed by atoms with E-state index in [2.05, 4.69) is 24.1 Å². The lowest BCUT2D eigenvalue weighted by molar-refractivity contribution is 0.0809. The Morgan fingerprint density at radius 2 is 2.11 bits per heavy atom. The summed E-state index contributed by atoms with van der Waals surface area (Å²) in [5.41, 5.74) is 0. The standard InChI is InChI=1S/C16H32N2O/c1-4-13(2)16-11-17-15(14-7-8-14)12-18(16)9-5-6-10-19-3/h13-17H,4-12H2,1-3H3. The molecule has 2 fully saturated rings. The van der Waals surface area contributed by atoms with Crippen molar-refractivity contribution < 1.29 is 4.74 Å². The van der Waals surface area contributed by atoms with Crippen molar-refractivity contribution in [3.8, 4) is 0 Å². The Hall–Kier alpha value is -0.120. The number of rotatable bonds is 8. The number of ether oxygens (including phenoxy) is 1. The molecular formula is C16H32N2O. The Labute approximate surface area is 119 Å². The van der Waals surface area contributed by atoms with E-state index in [0.29, 0.717) is 0 Å². The highest BCUT2D eigenvalue weighted by Gasteiger charge is 2.37. The van der Waals surface area contributed by atoms with Crippen LogP contribution in [-0.2, 0) is 4.74 Å². The van der Waals surface area contributed by atoms with E-state index < -0.39 is 0 Å². The molecule has 3 atom stereocenters. The van der Waals surface area contributed by atoms with Crippen molar-refractivity contribution in [2.24, 2.45) is 11.8 Å². The van der Waals surface area contributed by atoms with Crippen molar-refractivity contribution >= 4 is 0 Å². The van der Waals surface area contributed by atoms with Crippen LogP contribution in [0, 0.1) is 11.8 Å². The quantitative estimate of drug-likeness (QED) is 0.685. The van der Waals surface area contributed by atoms with E-state index in [4.69, 9.17) is 4.74 Å². The van der Waals surface area contributed by atoms with Crippen LogP contribution < -0.4 is 5.32 Å². The van der Waals surface area contributed by atoms with Gasteiger partial charge in [-0.25, -0.2) is 0 Å². The summed E-state index contributed by atoms with van der Waals surface area (Å²) >= 11 is 0. The summed E-state index contributed by atoms with van der Waals surface area (Å²) in [6.45, 7) is 9.36. The molecule has 0 spiro atoms. The molecule has 1 saturated heterocycles. The zero-order valence-electron chi connectivity index (χ0n) is 13.0. The average molecular weight is 268 g/mol. The Morgan fingerprint density at radius 3 is 2.74 bits per heavy atom. The van der Waals surface area contributed by atoms with Crippen molar-refractivity contribution in [2.75, 3.05) is 33.4 Å². The fraction of sp³-hybridized carbons (Fsp3) is 1.00. The van der Waals surface area contributed by atoms with Gasteiger partial charge in [-0.2, -0.15) is 0 Å². The molecule has 0 aromatic carbocycles. The van der Waals surface area contributed by atoms with Crippen LogP contribution in [-0.4, -0.2) is 50.3 Å². The zero-order chi connectivity index (χ0) is 13.7. The van der Waals surface area contributed by atoms with E-state index in [1.54, 1.807) is 7.11 Å². The van der Waals surface area contributed by atoms with Gasteiger partial charge in [0.05, 0.1) is 0 Å². The molecule has 0 amide bonds. The van der Waals surface area contributed by atoms with Crippen LogP contribution in [0.15, 0.2) is 0 Å². The monoisotopic (exact) mass is 268 g/mol. The van der Waals surface area contributed by atoms with E-state index in [1.807, 2.05) is 0 Å². The maximum absolute atomic E-state index is 5.17. The van der Waals surface area contributed by atoms with Gasteiger partial charge >= 0.3 is 0 Å². The largest absolute Gasteiger partial charge is 0.385 e. The van der Waals surface area contributed by atoms with Crippen LogP contribution >= 0.6 is 0 Å². The fourth-order valence-electron chi connectivity index (χ4n) is 3.32. The van der Waals surface area contributed by atoms with Gasteiger partial charge < -0.3 is 10.1 Å². The van der Waals surface area contributed by atoms with Crippen LogP contribution in [0.5, 0.6) is 0 Å². The van der Waals surface area contributed by atoms with Crippen molar-refractivity contribution in [1.29, 1.82) is 0 Å². The fourth-order valence-corrected chi connectivity index (χ4v) is 3.32. The van der Waals surface area contributed by atoms with Crippen LogP contribution in [0.1, 0.15) is 46.0 Å². The van der Waals surface area contributed by atoms with E-state index in [9.17, 15) is 0 Å². The summed E-state index contributed by atoms with van der Waals surface area (Å²) in [4.78, 5) is 2.77. The topological polar surface area (TPSA) is 24.5 Å². The van der Waals surface area contributed by atoms with Crippen LogP contribution in [0.3, 0.4) is 0 Å². The second-order valence-corrected chi connectivity index (χ2v) is 6.50. The molecular weight excluding hydrogens is 236 g/mol. The minimum atomic E-state index is 0.738. The van der Waals surface area contributed by atoms with Gasteiger partial charge in [0.15, 0.2) is 0 Å². The van der Waals surface area contributed by atoms with Crippen molar-refractivity contribution in [3.63, 3.8) is 0 Å². The third-order valence-electron chi connectivity index (χ3n) is 5.03. The first-order chi connectivity index (χ1) is 9.26. The third kappa shape index (κ3) is 4.44. The van der Waals surface area contributed by atoms with Crippen LogP contribution in [0.25, 0.3) is 0 Å². The van der Waals surface area contributed by atoms with Crippen molar-refractivity contribution in [3.05, 3.63) is 0 Å². The number of nitrogens with one attached hydrogen (secondary N) is 1. The lowest BCUT2D eigenvalue weighted by Crippen LogP contribution is -2.59. The zero-order valence-corrected chi connectivity index (χ0v) is 13.0. The van der Waals surface area contributed by atoms with Gasteiger partial charge in [-0.1, -0.05) is 20.3 Å². The molecule has 0 aromatic heterocycles. The van der Waals surface area contributed by atoms with E-state index in [0.717, 1.165) is 30.5 Å². The highest BCUT2D eigenvalue weighted by atomic mass is 16.5. The maximum atomic E-state index is 5.17. The van der Waals surface area contributed by atoms with Gasteiger partial charge in [-0.05, 0) is 44.1 Å². The predicted octanol–water partition coefficient (Wildman–Crippen LogP) is 2.51. The molecule has 0 bridgehead atoms. The summed E-state index contributed by atoms with van der Waals surface area (Å²) < 4.78 is 5.17. The summed E-state index contributed by atoms with van der Waals surface area (Å²) in [5.74, 6) is 1.77. The molecule has 0 radical (unpaired) electrons. The number of methoxy groups -OCH3 is 1. The van der Waals surface area contributed by atoms with Gasteiger partial charge in [0.2, 0.25) is 0 Å². The first-order valence-corrected chi connectivity index (χ1v) is 8.22. The summed E-state index contributed by atoms with van der Waals surface area (Å²) in [5, 5.41) is 3.81. The average Bonchev–Trinajstić information content (AvgIpc) is 3.27. The lowest BCUT2D eigenvalue weighted by atomic mass is 9.93. The Balaban J connectivity index is 1.82. The lowest BCUT2D eigenvalue weighted by Gasteiger charge is -2.43. The smallest absolute Gasteiger partial charge is 0.0462 e. The second kappa shape index (κ2) is 7.61. The molecule has 1 heterocycles. The SMILES string of the molecule is CCC(C)C1CNC(C2CC2)CN1CCCCOC. The molecule has 0 aromatic rings. The van der Waals surface area contributed by atoms with Crippen LogP contribution in [0.4, 0.5) is 0 Å². The molecule has 1 aliphatic carbocycles. The van der Waals surface area contributed by atoms with Gasteiger partial charge in [0, 0.05) is 38.9 Å². The molecule has 1 N–H and O–H groups in total. The second-order valence-electron chi connectivity index (χ2n) is 6.50. The third-order valence-corrected chi connectivity index (χ3v) is 5.03. The molecule has 112 valence electrons. The maximum Gasteiger partial charge on any atom is 0.0462 e. The van der Waals surface area contributed by atoms with Crippen molar-refractivity contribution in [2.45, 2.75) is 58.0 Å². The molecule has 1 saturated carbocycles. The molecule has 2 aliphatic rings. The number of nitrogens with zero attached hydrogens (tertiary/aromatic N) is 1. The van der Waals surface area contributed by atoms with Gasteiger partial charge in [-0.3, -0.25) is 4.90 Å².